The molecule has 3 heteroatoms. The number of H-pyrrole nitrogens is 1. The van der Waals surface area contributed by atoms with Crippen LogP contribution in [0.5, 0.6) is 11.8 Å². The molecule has 1 aliphatic rings. The van der Waals surface area contributed by atoms with Crippen molar-refractivity contribution >= 4 is 11.0 Å². The van der Waals surface area contributed by atoms with Gasteiger partial charge in [0.2, 0.25) is 0 Å². The summed E-state index contributed by atoms with van der Waals surface area (Å²) in [6, 6.07) is 16.8. The Morgan fingerprint density at radius 1 is 1.09 bits per heavy atom. The van der Waals surface area contributed by atoms with Crippen LogP contribution in [0.25, 0.3) is 11.0 Å². The number of aromatic amines is 1. The summed E-state index contributed by atoms with van der Waals surface area (Å²) < 4.78 is 5.80. The van der Waals surface area contributed by atoms with Gasteiger partial charge in [-0.2, -0.15) is 4.98 Å². The number of hydrogen-bond donors (Lipinski definition) is 1. The summed E-state index contributed by atoms with van der Waals surface area (Å²) in [5.74, 6) is 1.71. The van der Waals surface area contributed by atoms with E-state index in [0.29, 0.717) is 6.01 Å². The van der Waals surface area contributed by atoms with Gasteiger partial charge < -0.3 is 9.72 Å². The van der Waals surface area contributed by atoms with Crippen molar-refractivity contribution in [3.05, 3.63) is 60.5 Å². The second kappa shape index (κ2) is 5.84. The summed E-state index contributed by atoms with van der Waals surface area (Å²) in [6.07, 6.45) is 7.53. The molecule has 4 rings (SSSR count). The van der Waals surface area contributed by atoms with Crippen LogP contribution in [0.2, 0.25) is 0 Å². The number of rotatable bonds is 6. The van der Waals surface area contributed by atoms with Gasteiger partial charge >= 0.3 is 0 Å². The molecule has 3 nitrogen and oxygen atoms in total. The zero-order valence-corrected chi connectivity index (χ0v) is 12.5. The third-order valence-electron chi connectivity index (χ3n) is 4.06. The Balaban J connectivity index is 1.39. The first-order valence-corrected chi connectivity index (χ1v) is 7.92. The maximum atomic E-state index is 5.80. The van der Waals surface area contributed by atoms with E-state index in [9.17, 15) is 0 Å². The van der Waals surface area contributed by atoms with E-state index in [1.165, 1.54) is 24.8 Å². The molecule has 0 aliphatic heterocycles. The molecule has 0 atom stereocenters. The summed E-state index contributed by atoms with van der Waals surface area (Å²) >= 11 is 0. The highest BCUT2D eigenvalue weighted by Crippen LogP contribution is 2.33. The van der Waals surface area contributed by atoms with Gasteiger partial charge in [-0.3, -0.25) is 0 Å². The van der Waals surface area contributed by atoms with Crippen LogP contribution in [0.15, 0.2) is 48.5 Å². The van der Waals surface area contributed by atoms with Gasteiger partial charge in [-0.15, -0.1) is 0 Å². The average molecular weight is 291 g/mol. The molecule has 0 saturated heterocycles. The van der Waals surface area contributed by atoms with E-state index in [2.05, 4.69) is 28.5 Å². The monoisotopic (exact) mass is 291 g/mol. The summed E-state index contributed by atoms with van der Waals surface area (Å²) in [7, 11) is 0. The lowest BCUT2D eigenvalue weighted by molar-refractivity contribution is 0.449. The van der Waals surface area contributed by atoms with Crippen molar-refractivity contribution in [1.29, 1.82) is 0 Å². The molecule has 1 aliphatic carbocycles. The molecule has 1 saturated carbocycles. The van der Waals surface area contributed by atoms with E-state index in [0.717, 1.165) is 29.1 Å². The average Bonchev–Trinajstić information content (AvgIpc) is 3.27. The van der Waals surface area contributed by atoms with Crippen LogP contribution in [0.4, 0.5) is 0 Å². The van der Waals surface area contributed by atoms with Gasteiger partial charge in [-0.05, 0) is 67.9 Å². The molecular weight excluding hydrogens is 272 g/mol. The first-order chi connectivity index (χ1) is 10.9. The first-order valence-electron chi connectivity index (χ1n) is 7.92. The van der Waals surface area contributed by atoms with Crippen LogP contribution in [0.3, 0.4) is 0 Å². The second-order valence-electron chi connectivity index (χ2n) is 5.92. The number of aromatic nitrogens is 2. The van der Waals surface area contributed by atoms with Crippen molar-refractivity contribution < 1.29 is 4.74 Å². The number of hydrogen-bond acceptors (Lipinski definition) is 2. The number of ether oxygens (including phenoxy) is 1. The van der Waals surface area contributed by atoms with E-state index < -0.39 is 0 Å². The number of benzene rings is 2. The number of para-hydroxylation sites is 2. The molecule has 2 aromatic carbocycles. The van der Waals surface area contributed by atoms with Crippen molar-refractivity contribution in [3.63, 3.8) is 0 Å². The molecule has 22 heavy (non-hydrogen) atoms. The summed E-state index contributed by atoms with van der Waals surface area (Å²) in [4.78, 5) is 7.60. The molecule has 1 fully saturated rings. The van der Waals surface area contributed by atoms with Crippen molar-refractivity contribution in [2.75, 3.05) is 0 Å². The molecule has 1 aromatic heterocycles. The van der Waals surface area contributed by atoms with Crippen molar-refractivity contribution in [2.24, 2.45) is 5.92 Å². The van der Waals surface area contributed by atoms with Crippen LogP contribution < -0.4 is 4.74 Å². The minimum absolute atomic E-state index is 0.538. The molecule has 111 valence electrons. The minimum atomic E-state index is 0.538. The molecule has 1 heterocycles. The lowest BCUT2D eigenvalue weighted by Gasteiger charge is -2.04. The van der Waals surface area contributed by atoms with E-state index in [4.69, 9.17) is 4.74 Å². The van der Waals surface area contributed by atoms with Gasteiger partial charge in [0.1, 0.15) is 5.75 Å². The third-order valence-corrected chi connectivity index (χ3v) is 4.06. The lowest BCUT2D eigenvalue weighted by atomic mass is 10.1. The number of aryl methyl sites for hydroxylation is 1. The Morgan fingerprint density at radius 3 is 2.68 bits per heavy atom. The van der Waals surface area contributed by atoms with E-state index in [1.54, 1.807) is 0 Å². The molecule has 0 unspecified atom stereocenters. The fourth-order valence-corrected chi connectivity index (χ4v) is 2.63. The Kier molecular flexibility index (Phi) is 3.55. The molecular formula is C19H19N2O. The second-order valence-corrected chi connectivity index (χ2v) is 5.92. The Morgan fingerprint density at radius 2 is 1.91 bits per heavy atom. The number of fused-ring (bicyclic) bond motifs is 1. The van der Waals surface area contributed by atoms with Crippen LogP contribution >= 0.6 is 0 Å². The van der Waals surface area contributed by atoms with Gasteiger partial charge in [0.05, 0.1) is 11.0 Å². The Hall–Kier alpha value is -2.29. The lowest BCUT2D eigenvalue weighted by Crippen LogP contribution is -1.89. The van der Waals surface area contributed by atoms with Gasteiger partial charge in [-0.1, -0.05) is 24.3 Å². The fourth-order valence-electron chi connectivity index (χ4n) is 2.63. The summed E-state index contributed by atoms with van der Waals surface area (Å²) in [5.41, 5.74) is 3.27. The largest absolute Gasteiger partial charge is 0.426 e. The quantitative estimate of drug-likeness (QED) is 0.701. The Labute approximate surface area is 130 Å². The maximum absolute atomic E-state index is 5.80. The van der Waals surface area contributed by atoms with Crippen LogP contribution in [0.1, 0.15) is 24.8 Å². The van der Waals surface area contributed by atoms with E-state index in [1.807, 2.05) is 36.4 Å². The minimum Gasteiger partial charge on any atom is -0.426 e. The zero-order valence-electron chi connectivity index (χ0n) is 12.5. The van der Waals surface area contributed by atoms with Gasteiger partial charge in [0.15, 0.2) is 0 Å². The number of nitrogens with one attached hydrogen (secondary N) is 1. The van der Waals surface area contributed by atoms with Crippen molar-refractivity contribution in [3.8, 4) is 11.8 Å². The molecule has 3 aromatic rings. The van der Waals surface area contributed by atoms with E-state index >= 15 is 0 Å². The normalized spacial score (nSPS) is 14.4. The number of nitrogens with zero attached hydrogens (tertiary/aromatic N) is 1. The highest BCUT2D eigenvalue weighted by molar-refractivity contribution is 5.75. The smallest absolute Gasteiger partial charge is 0.300 e. The van der Waals surface area contributed by atoms with Crippen LogP contribution in [0, 0.1) is 12.3 Å². The highest BCUT2D eigenvalue weighted by Gasteiger charge is 2.20. The molecule has 0 spiro atoms. The molecule has 1 radical (unpaired) electrons. The summed E-state index contributed by atoms with van der Waals surface area (Å²) in [6.45, 7) is 0. The highest BCUT2D eigenvalue weighted by atomic mass is 16.5. The summed E-state index contributed by atoms with van der Waals surface area (Å²) in [5, 5.41) is 0. The Bertz CT molecular complexity index is 723. The van der Waals surface area contributed by atoms with Crippen molar-refractivity contribution in [2.45, 2.75) is 25.7 Å². The van der Waals surface area contributed by atoms with E-state index in [-0.39, 0.29) is 0 Å². The maximum Gasteiger partial charge on any atom is 0.300 e. The SMILES string of the molecule is [CH](CCc1ccc(Oc2nc3ccccc3[nH]2)cc1)C1CC1. The predicted octanol–water partition coefficient (Wildman–Crippen LogP) is 4.90. The predicted molar refractivity (Wildman–Crippen MR) is 88.0 cm³/mol. The third kappa shape index (κ3) is 3.14. The standard InChI is InChI=1S/C19H19N2O/c1-2-7-18-17(6-1)20-19(21-18)22-16-12-10-15(11-13-16)5-3-4-14-8-9-14/h1-2,4,6-7,10-14H,3,5,8-9H2,(H,20,21). The van der Waals surface area contributed by atoms with Crippen molar-refractivity contribution in [1.82, 2.24) is 9.97 Å². The number of imidazole rings is 1. The fraction of sp³-hybridized carbons (Fsp3) is 0.263. The topological polar surface area (TPSA) is 37.9 Å². The molecule has 0 bridgehead atoms. The molecule has 0 amide bonds. The van der Waals surface area contributed by atoms with Gasteiger partial charge in [-0.25, -0.2) is 0 Å². The van der Waals surface area contributed by atoms with Crippen LogP contribution in [-0.4, -0.2) is 9.97 Å². The molecule has 1 N–H and O–H groups in total. The van der Waals surface area contributed by atoms with Crippen LogP contribution in [-0.2, 0) is 6.42 Å². The van der Waals surface area contributed by atoms with Gasteiger partial charge in [0.25, 0.3) is 6.01 Å². The first kappa shape index (κ1) is 13.4. The zero-order chi connectivity index (χ0) is 14.8. The van der Waals surface area contributed by atoms with Gasteiger partial charge in [0, 0.05) is 0 Å².